The molecule has 1 fully saturated rings. The quantitative estimate of drug-likeness (QED) is 0.596. The first-order valence-corrected chi connectivity index (χ1v) is 6.36. The number of nitrogens with two attached hydrogens (primary N) is 1. The summed E-state index contributed by atoms with van der Waals surface area (Å²) in [7, 11) is 2.00. The zero-order chi connectivity index (χ0) is 12.0. The number of nitrogens with one attached hydrogen (secondary N) is 1. The Labute approximate surface area is 98.6 Å². The molecule has 4 nitrogen and oxygen atoms in total. The van der Waals surface area contributed by atoms with Gasteiger partial charge in [0.2, 0.25) is 5.91 Å². The van der Waals surface area contributed by atoms with Crippen molar-refractivity contribution < 1.29 is 4.79 Å². The second-order valence-electron chi connectivity index (χ2n) is 4.76. The normalized spacial score (nSPS) is 17.5. The highest BCUT2D eigenvalue weighted by Crippen LogP contribution is 2.34. The fourth-order valence-corrected chi connectivity index (χ4v) is 2.02. The fourth-order valence-electron chi connectivity index (χ4n) is 2.02. The minimum absolute atomic E-state index is 0.120. The maximum atomic E-state index is 11.6. The number of hydrogen-bond donors (Lipinski definition) is 2. The van der Waals surface area contributed by atoms with Crippen LogP contribution in [0.1, 0.15) is 32.6 Å². The molecule has 0 bridgehead atoms. The first kappa shape index (κ1) is 13.5. The highest BCUT2D eigenvalue weighted by Gasteiger charge is 2.33. The molecule has 1 aliphatic rings. The van der Waals surface area contributed by atoms with E-state index in [1.807, 2.05) is 7.05 Å². The third kappa shape index (κ3) is 4.49. The van der Waals surface area contributed by atoms with E-state index < -0.39 is 0 Å². The van der Waals surface area contributed by atoms with Gasteiger partial charge in [0.15, 0.2) is 0 Å². The Kier molecular flexibility index (Phi) is 5.77. The lowest BCUT2D eigenvalue weighted by Crippen LogP contribution is -2.45. The van der Waals surface area contributed by atoms with Crippen molar-refractivity contribution in [3.8, 4) is 0 Å². The summed E-state index contributed by atoms with van der Waals surface area (Å²) in [4.78, 5) is 13.7. The van der Waals surface area contributed by atoms with Crippen molar-refractivity contribution in [2.45, 2.75) is 38.6 Å². The van der Waals surface area contributed by atoms with Crippen molar-refractivity contribution in [1.82, 2.24) is 10.2 Å². The summed E-state index contributed by atoms with van der Waals surface area (Å²) in [5.74, 6) is 0.841. The van der Waals surface area contributed by atoms with E-state index in [0.29, 0.717) is 19.1 Å². The van der Waals surface area contributed by atoms with Crippen molar-refractivity contribution in [3.05, 3.63) is 0 Å². The third-order valence-corrected chi connectivity index (χ3v) is 3.22. The number of carbonyl (C=O) groups excluding carboxylic acids is 1. The molecular weight excluding hydrogens is 202 g/mol. The van der Waals surface area contributed by atoms with Crippen LogP contribution in [0.15, 0.2) is 0 Å². The van der Waals surface area contributed by atoms with E-state index in [9.17, 15) is 4.79 Å². The van der Waals surface area contributed by atoms with Gasteiger partial charge in [0, 0.05) is 19.1 Å². The Balaban J connectivity index is 2.20. The lowest BCUT2D eigenvalue weighted by atomic mass is 10.1. The average molecular weight is 227 g/mol. The zero-order valence-electron chi connectivity index (χ0n) is 10.5. The SMILES string of the molecule is CCCCNC(=O)CN(C)C(CN)C1CC1. The van der Waals surface area contributed by atoms with Gasteiger partial charge in [0.1, 0.15) is 0 Å². The van der Waals surface area contributed by atoms with Crippen molar-refractivity contribution in [1.29, 1.82) is 0 Å². The highest BCUT2D eigenvalue weighted by atomic mass is 16.2. The molecule has 1 rings (SSSR count). The molecule has 0 aromatic rings. The molecular formula is C12H25N3O. The van der Waals surface area contributed by atoms with Gasteiger partial charge in [-0.15, -0.1) is 0 Å². The molecule has 1 aliphatic carbocycles. The first-order valence-electron chi connectivity index (χ1n) is 6.36. The van der Waals surface area contributed by atoms with Gasteiger partial charge in [-0.25, -0.2) is 0 Å². The van der Waals surface area contributed by atoms with Crippen molar-refractivity contribution in [2.75, 3.05) is 26.7 Å². The Morgan fingerprint density at radius 2 is 2.25 bits per heavy atom. The van der Waals surface area contributed by atoms with Gasteiger partial charge in [-0.05, 0) is 32.2 Å². The molecule has 16 heavy (non-hydrogen) atoms. The average Bonchev–Trinajstić information content (AvgIpc) is 3.03. The Bertz CT molecular complexity index is 216. The van der Waals surface area contributed by atoms with Gasteiger partial charge in [-0.3, -0.25) is 9.69 Å². The molecule has 0 spiro atoms. The van der Waals surface area contributed by atoms with Crippen molar-refractivity contribution >= 4 is 5.91 Å². The predicted octanol–water partition coefficient (Wildman–Crippen LogP) is 0.572. The fraction of sp³-hybridized carbons (Fsp3) is 0.917. The van der Waals surface area contributed by atoms with Gasteiger partial charge in [-0.2, -0.15) is 0 Å². The minimum atomic E-state index is 0.120. The summed E-state index contributed by atoms with van der Waals surface area (Å²) < 4.78 is 0. The van der Waals surface area contributed by atoms with E-state index >= 15 is 0 Å². The lowest BCUT2D eigenvalue weighted by molar-refractivity contribution is -0.122. The molecule has 1 unspecified atom stereocenters. The number of likely N-dealkylation sites (N-methyl/N-ethyl adjacent to an activating group) is 1. The molecule has 3 N–H and O–H groups in total. The topological polar surface area (TPSA) is 58.4 Å². The molecule has 1 atom stereocenters. The summed E-state index contributed by atoms with van der Waals surface area (Å²) in [5, 5.41) is 2.93. The van der Waals surface area contributed by atoms with E-state index in [0.717, 1.165) is 25.3 Å². The van der Waals surface area contributed by atoms with Crippen LogP contribution in [0.2, 0.25) is 0 Å². The second-order valence-corrected chi connectivity index (χ2v) is 4.76. The molecule has 0 aromatic heterocycles. The standard InChI is InChI=1S/C12H25N3O/c1-3-4-7-14-12(16)9-15(2)11(8-13)10-5-6-10/h10-11H,3-9,13H2,1-2H3,(H,14,16). The summed E-state index contributed by atoms with van der Waals surface area (Å²) in [6.45, 7) is 4.04. The van der Waals surface area contributed by atoms with Crippen LogP contribution in [0.5, 0.6) is 0 Å². The van der Waals surface area contributed by atoms with Gasteiger partial charge < -0.3 is 11.1 Å². The van der Waals surface area contributed by atoms with E-state index in [1.54, 1.807) is 0 Å². The van der Waals surface area contributed by atoms with E-state index in [4.69, 9.17) is 5.73 Å². The minimum Gasteiger partial charge on any atom is -0.355 e. The lowest BCUT2D eigenvalue weighted by Gasteiger charge is -2.26. The van der Waals surface area contributed by atoms with Gasteiger partial charge >= 0.3 is 0 Å². The summed E-state index contributed by atoms with van der Waals surface area (Å²) in [5.41, 5.74) is 5.74. The Morgan fingerprint density at radius 3 is 2.75 bits per heavy atom. The molecule has 1 saturated carbocycles. The smallest absolute Gasteiger partial charge is 0.234 e. The van der Waals surface area contributed by atoms with Gasteiger partial charge in [0.05, 0.1) is 6.54 Å². The molecule has 0 aromatic carbocycles. The van der Waals surface area contributed by atoms with Gasteiger partial charge in [0.25, 0.3) is 0 Å². The van der Waals surface area contributed by atoms with Crippen LogP contribution in [-0.2, 0) is 4.79 Å². The van der Waals surface area contributed by atoms with Crippen LogP contribution in [0.3, 0.4) is 0 Å². The molecule has 0 aliphatic heterocycles. The van der Waals surface area contributed by atoms with E-state index in [1.165, 1.54) is 12.8 Å². The number of carbonyl (C=O) groups is 1. The number of hydrogen-bond acceptors (Lipinski definition) is 3. The molecule has 4 heteroatoms. The maximum absolute atomic E-state index is 11.6. The maximum Gasteiger partial charge on any atom is 0.234 e. The van der Waals surface area contributed by atoms with Crippen LogP contribution in [-0.4, -0.2) is 43.5 Å². The van der Waals surface area contributed by atoms with Crippen LogP contribution in [0.4, 0.5) is 0 Å². The number of unbranched alkanes of at least 4 members (excludes halogenated alkanes) is 1. The summed E-state index contributed by atoms with van der Waals surface area (Å²) in [6, 6.07) is 0.386. The van der Waals surface area contributed by atoms with E-state index in [-0.39, 0.29) is 5.91 Å². The third-order valence-electron chi connectivity index (χ3n) is 3.22. The Hall–Kier alpha value is -0.610. The van der Waals surface area contributed by atoms with Crippen LogP contribution < -0.4 is 11.1 Å². The second kappa shape index (κ2) is 6.86. The molecule has 94 valence electrons. The molecule has 0 heterocycles. The number of amides is 1. The van der Waals surface area contributed by atoms with Crippen LogP contribution >= 0.6 is 0 Å². The molecule has 0 saturated heterocycles. The molecule has 1 amide bonds. The monoisotopic (exact) mass is 227 g/mol. The van der Waals surface area contributed by atoms with Gasteiger partial charge in [-0.1, -0.05) is 13.3 Å². The van der Waals surface area contributed by atoms with E-state index in [2.05, 4.69) is 17.1 Å². The first-order chi connectivity index (χ1) is 7.69. The van der Waals surface area contributed by atoms with Crippen LogP contribution in [0.25, 0.3) is 0 Å². The number of nitrogens with zero attached hydrogens (tertiary/aromatic N) is 1. The summed E-state index contributed by atoms with van der Waals surface area (Å²) >= 11 is 0. The highest BCUT2D eigenvalue weighted by molar-refractivity contribution is 5.77. The Morgan fingerprint density at radius 1 is 1.56 bits per heavy atom. The largest absolute Gasteiger partial charge is 0.355 e. The predicted molar refractivity (Wildman–Crippen MR) is 66.1 cm³/mol. The molecule has 0 radical (unpaired) electrons. The van der Waals surface area contributed by atoms with Crippen LogP contribution in [0, 0.1) is 5.92 Å². The van der Waals surface area contributed by atoms with Crippen molar-refractivity contribution in [3.63, 3.8) is 0 Å². The number of rotatable bonds is 8. The van der Waals surface area contributed by atoms with Crippen molar-refractivity contribution in [2.24, 2.45) is 11.7 Å². The zero-order valence-corrected chi connectivity index (χ0v) is 10.5. The summed E-state index contributed by atoms with van der Waals surface area (Å²) in [6.07, 6.45) is 4.70.